The molecule has 1 saturated heterocycles. The Morgan fingerprint density at radius 1 is 1.58 bits per heavy atom. The second-order valence-electron chi connectivity index (χ2n) is 4.47. The van der Waals surface area contributed by atoms with Crippen molar-refractivity contribution in [2.24, 2.45) is 0 Å². The fraction of sp³-hybridized carbons (Fsp3) is 0.385. The molecule has 0 aromatic heterocycles. The minimum absolute atomic E-state index is 0.0205. The normalized spacial score (nSPS) is 17.9. The minimum Gasteiger partial charge on any atom is -0.495 e. The molecule has 1 aromatic rings. The first kappa shape index (κ1) is 13.2. The smallest absolute Gasteiger partial charge is 0.251 e. The van der Waals surface area contributed by atoms with E-state index in [0.717, 1.165) is 6.42 Å². The topological polar surface area (TPSA) is 93.4 Å². The Hall–Kier alpha value is -2.24. The number of hydrogen-bond acceptors (Lipinski definition) is 4. The van der Waals surface area contributed by atoms with E-state index in [1.165, 1.54) is 7.11 Å². The summed E-state index contributed by atoms with van der Waals surface area (Å²) in [6, 6.07) is 4.88. The molecule has 1 aliphatic rings. The number of hydrogen-bond donors (Lipinski definition) is 3. The maximum Gasteiger partial charge on any atom is 0.251 e. The van der Waals surface area contributed by atoms with Crippen LogP contribution in [0.5, 0.6) is 5.75 Å². The summed E-state index contributed by atoms with van der Waals surface area (Å²) >= 11 is 0. The minimum atomic E-state index is -0.209. The van der Waals surface area contributed by atoms with Gasteiger partial charge in [-0.25, -0.2) is 0 Å². The zero-order valence-electron chi connectivity index (χ0n) is 10.7. The molecule has 4 N–H and O–H groups in total. The van der Waals surface area contributed by atoms with Gasteiger partial charge in [-0.3, -0.25) is 9.59 Å². The van der Waals surface area contributed by atoms with Gasteiger partial charge in [0.15, 0.2) is 0 Å². The molecule has 6 nitrogen and oxygen atoms in total. The molecule has 1 aliphatic heterocycles. The maximum absolute atomic E-state index is 11.9. The third-order valence-corrected chi connectivity index (χ3v) is 3.09. The van der Waals surface area contributed by atoms with Crippen LogP contribution in [-0.2, 0) is 4.79 Å². The van der Waals surface area contributed by atoms with Crippen molar-refractivity contribution >= 4 is 17.5 Å². The predicted molar refractivity (Wildman–Crippen MR) is 70.9 cm³/mol. The quantitative estimate of drug-likeness (QED) is 0.680. The van der Waals surface area contributed by atoms with E-state index in [2.05, 4.69) is 10.6 Å². The van der Waals surface area contributed by atoms with Crippen LogP contribution < -0.4 is 21.1 Å². The highest BCUT2D eigenvalue weighted by Gasteiger charge is 2.21. The van der Waals surface area contributed by atoms with E-state index in [1.807, 2.05) is 0 Å². The average Bonchev–Trinajstić information content (AvgIpc) is 2.82. The Kier molecular flexibility index (Phi) is 3.89. The number of nitrogens with two attached hydrogens (primary N) is 1. The van der Waals surface area contributed by atoms with Gasteiger partial charge in [-0.05, 0) is 24.6 Å². The van der Waals surface area contributed by atoms with Crippen LogP contribution >= 0.6 is 0 Å². The van der Waals surface area contributed by atoms with Gasteiger partial charge in [0.2, 0.25) is 5.91 Å². The molecule has 0 saturated carbocycles. The summed E-state index contributed by atoms with van der Waals surface area (Å²) in [5.41, 5.74) is 6.65. The van der Waals surface area contributed by atoms with Crippen molar-refractivity contribution < 1.29 is 14.3 Å². The lowest BCUT2D eigenvalue weighted by Crippen LogP contribution is -2.38. The summed E-state index contributed by atoms with van der Waals surface area (Å²) in [7, 11) is 1.50. The van der Waals surface area contributed by atoms with Crippen molar-refractivity contribution in [3.63, 3.8) is 0 Å². The van der Waals surface area contributed by atoms with Crippen LogP contribution in [0.1, 0.15) is 23.2 Å². The molecule has 1 heterocycles. The molecule has 19 heavy (non-hydrogen) atoms. The molecule has 0 spiro atoms. The van der Waals surface area contributed by atoms with Gasteiger partial charge < -0.3 is 21.1 Å². The Balaban J connectivity index is 1.94. The Morgan fingerprint density at radius 3 is 3.00 bits per heavy atom. The molecular formula is C13H17N3O3. The molecule has 102 valence electrons. The fourth-order valence-corrected chi connectivity index (χ4v) is 2.00. The summed E-state index contributed by atoms with van der Waals surface area (Å²) in [6.07, 6.45) is 1.28. The molecule has 6 heteroatoms. The molecular weight excluding hydrogens is 246 g/mol. The van der Waals surface area contributed by atoms with E-state index in [1.54, 1.807) is 18.2 Å². The second-order valence-corrected chi connectivity index (χ2v) is 4.47. The van der Waals surface area contributed by atoms with Crippen LogP contribution in [0.3, 0.4) is 0 Å². The van der Waals surface area contributed by atoms with Crippen molar-refractivity contribution in [1.29, 1.82) is 0 Å². The summed E-state index contributed by atoms with van der Waals surface area (Å²) in [5, 5.41) is 5.58. The van der Waals surface area contributed by atoms with Crippen LogP contribution in [0.15, 0.2) is 18.2 Å². The fourth-order valence-electron chi connectivity index (χ4n) is 2.00. The summed E-state index contributed by atoms with van der Waals surface area (Å²) in [6.45, 7) is 0.428. The molecule has 0 radical (unpaired) electrons. The second kappa shape index (κ2) is 5.60. The lowest BCUT2D eigenvalue weighted by Gasteiger charge is -2.12. The number of methoxy groups -OCH3 is 1. The highest BCUT2D eigenvalue weighted by molar-refractivity contribution is 5.95. The van der Waals surface area contributed by atoms with Crippen LogP contribution in [0.25, 0.3) is 0 Å². The van der Waals surface area contributed by atoms with Gasteiger partial charge in [0.25, 0.3) is 5.91 Å². The van der Waals surface area contributed by atoms with Gasteiger partial charge in [-0.2, -0.15) is 0 Å². The monoisotopic (exact) mass is 263 g/mol. The number of anilines is 1. The first-order valence-corrected chi connectivity index (χ1v) is 6.11. The lowest BCUT2D eigenvalue weighted by atomic mass is 10.1. The standard InChI is InChI=1S/C13H17N3O3/c1-19-11-6-8(2-4-10(11)14)13(18)15-7-9-3-5-12(17)16-9/h2,4,6,9H,3,5,7,14H2,1H3,(H,15,18)(H,16,17). The molecule has 1 atom stereocenters. The van der Waals surface area contributed by atoms with Crippen molar-refractivity contribution in [2.45, 2.75) is 18.9 Å². The highest BCUT2D eigenvalue weighted by atomic mass is 16.5. The summed E-state index contributed by atoms with van der Waals surface area (Å²) in [4.78, 5) is 23.0. The van der Waals surface area contributed by atoms with Gasteiger partial charge in [-0.15, -0.1) is 0 Å². The van der Waals surface area contributed by atoms with Crippen molar-refractivity contribution in [1.82, 2.24) is 10.6 Å². The molecule has 1 aromatic carbocycles. The van der Waals surface area contributed by atoms with Crippen LogP contribution in [0.2, 0.25) is 0 Å². The third kappa shape index (κ3) is 3.15. The zero-order valence-corrected chi connectivity index (χ0v) is 10.7. The number of benzene rings is 1. The van der Waals surface area contributed by atoms with Crippen LogP contribution in [0, 0.1) is 0 Å². The number of nitrogen functional groups attached to an aromatic ring is 1. The predicted octanol–water partition coefficient (Wildman–Crippen LogP) is 0.286. The molecule has 2 rings (SSSR count). The van der Waals surface area contributed by atoms with E-state index in [4.69, 9.17) is 10.5 Å². The number of carbonyl (C=O) groups is 2. The van der Waals surface area contributed by atoms with E-state index < -0.39 is 0 Å². The largest absolute Gasteiger partial charge is 0.495 e. The number of ether oxygens (including phenoxy) is 1. The van der Waals surface area contributed by atoms with Crippen molar-refractivity contribution in [2.75, 3.05) is 19.4 Å². The maximum atomic E-state index is 11.9. The Bertz CT molecular complexity index is 502. The molecule has 0 aliphatic carbocycles. The van der Waals surface area contributed by atoms with E-state index in [9.17, 15) is 9.59 Å². The summed E-state index contributed by atoms with van der Waals surface area (Å²) < 4.78 is 5.07. The van der Waals surface area contributed by atoms with E-state index in [0.29, 0.717) is 30.0 Å². The van der Waals surface area contributed by atoms with Gasteiger partial charge in [0, 0.05) is 24.6 Å². The van der Waals surface area contributed by atoms with Gasteiger partial charge in [0.05, 0.1) is 12.8 Å². The molecule has 1 unspecified atom stereocenters. The van der Waals surface area contributed by atoms with Gasteiger partial charge >= 0.3 is 0 Å². The number of amides is 2. The Labute approximate surface area is 111 Å². The molecule has 0 bridgehead atoms. The number of nitrogens with one attached hydrogen (secondary N) is 2. The third-order valence-electron chi connectivity index (χ3n) is 3.09. The highest BCUT2D eigenvalue weighted by Crippen LogP contribution is 2.22. The Morgan fingerprint density at radius 2 is 2.37 bits per heavy atom. The van der Waals surface area contributed by atoms with Gasteiger partial charge in [-0.1, -0.05) is 0 Å². The molecule has 1 fully saturated rings. The van der Waals surface area contributed by atoms with Crippen LogP contribution in [0.4, 0.5) is 5.69 Å². The number of carbonyl (C=O) groups excluding carboxylic acids is 2. The first-order chi connectivity index (χ1) is 9.10. The molecule has 2 amide bonds. The average molecular weight is 263 g/mol. The van der Waals surface area contributed by atoms with E-state index in [-0.39, 0.29) is 17.9 Å². The van der Waals surface area contributed by atoms with E-state index >= 15 is 0 Å². The van der Waals surface area contributed by atoms with Crippen LogP contribution in [-0.4, -0.2) is 31.5 Å². The van der Waals surface area contributed by atoms with Crippen molar-refractivity contribution in [3.8, 4) is 5.75 Å². The SMILES string of the molecule is COc1cc(C(=O)NCC2CCC(=O)N2)ccc1N. The summed E-state index contributed by atoms with van der Waals surface area (Å²) in [5.74, 6) is 0.301. The number of rotatable bonds is 4. The van der Waals surface area contributed by atoms with Gasteiger partial charge in [0.1, 0.15) is 5.75 Å². The first-order valence-electron chi connectivity index (χ1n) is 6.11. The zero-order chi connectivity index (χ0) is 13.8. The van der Waals surface area contributed by atoms with Crippen molar-refractivity contribution in [3.05, 3.63) is 23.8 Å². The lowest BCUT2D eigenvalue weighted by molar-refractivity contribution is -0.119.